The van der Waals surface area contributed by atoms with E-state index in [0.717, 1.165) is 5.56 Å². The zero-order chi connectivity index (χ0) is 23.4. The Hall–Kier alpha value is -4.32. The van der Waals surface area contributed by atoms with Crippen molar-refractivity contribution in [3.05, 3.63) is 123 Å². The molecule has 3 aromatic rings. The number of allylic oxidation sites excluding steroid dienone is 2. The van der Waals surface area contributed by atoms with Crippen LogP contribution >= 0.6 is 0 Å². The number of benzene rings is 2. The third-order valence-corrected chi connectivity index (χ3v) is 6.73. The molecule has 2 aliphatic heterocycles. The zero-order valence-corrected chi connectivity index (χ0v) is 18.5. The fourth-order valence-electron chi connectivity index (χ4n) is 5.11. The maximum atomic E-state index is 14.0. The maximum absolute atomic E-state index is 14.0. The summed E-state index contributed by atoms with van der Waals surface area (Å²) in [6, 6.07) is 18.0. The lowest BCUT2D eigenvalue weighted by atomic mass is 9.84. The number of carbonyl (C=O) groups is 2. The van der Waals surface area contributed by atoms with Gasteiger partial charge in [-0.05, 0) is 17.7 Å². The van der Waals surface area contributed by atoms with Gasteiger partial charge in [0, 0.05) is 13.0 Å². The van der Waals surface area contributed by atoms with Gasteiger partial charge in [0.2, 0.25) is 5.91 Å². The summed E-state index contributed by atoms with van der Waals surface area (Å²) in [5, 5.41) is 0.781. The van der Waals surface area contributed by atoms with Crippen LogP contribution in [-0.2, 0) is 11.8 Å². The molecule has 34 heavy (non-hydrogen) atoms. The van der Waals surface area contributed by atoms with Crippen molar-refractivity contribution in [2.75, 3.05) is 4.90 Å². The molecule has 1 aliphatic carbocycles. The van der Waals surface area contributed by atoms with Crippen LogP contribution in [0.25, 0.3) is 6.08 Å². The molecule has 166 valence electrons. The summed E-state index contributed by atoms with van der Waals surface area (Å²) in [5.74, 6) is -1.70. The van der Waals surface area contributed by atoms with Crippen LogP contribution in [0.2, 0.25) is 0 Å². The van der Waals surface area contributed by atoms with Crippen LogP contribution in [0.4, 0.5) is 5.69 Å². The number of hydrogen-bond donors (Lipinski definition) is 0. The lowest BCUT2D eigenvalue weighted by molar-refractivity contribution is -0.119. The number of aromatic nitrogens is 1. The SMILES string of the molecule is Cn1c2c(c3c(c1=O)=CC1C=CC=CC1N=3)C(=O)N(c1ccccc1)C(=O)C2c1ccccc1. The van der Waals surface area contributed by atoms with E-state index in [1.54, 1.807) is 31.3 Å². The number of fused-ring (bicyclic) bond motifs is 4. The van der Waals surface area contributed by atoms with Crippen molar-refractivity contribution < 1.29 is 9.59 Å². The minimum absolute atomic E-state index is 0.0429. The number of para-hydroxylation sites is 1. The van der Waals surface area contributed by atoms with Gasteiger partial charge in [0.25, 0.3) is 11.5 Å². The fraction of sp³-hybridized carbons (Fsp3) is 0.143. The van der Waals surface area contributed by atoms with E-state index in [4.69, 9.17) is 4.99 Å². The molecule has 2 aromatic carbocycles. The standard InChI is InChI=1S/C28H21N3O3/c1-30-25-22(17-10-4-2-5-11-17)27(33)31(19-13-6-3-7-14-19)28(34)23(25)24-20(26(30)32)16-18-12-8-9-15-21(18)29-24/h2-16,18,21-22H,1H3. The number of pyridine rings is 1. The van der Waals surface area contributed by atoms with Gasteiger partial charge < -0.3 is 4.57 Å². The molecule has 6 nitrogen and oxygen atoms in total. The molecule has 2 amide bonds. The maximum Gasteiger partial charge on any atom is 0.269 e. The normalized spacial score (nSPS) is 22.4. The minimum Gasteiger partial charge on any atom is -0.313 e. The van der Waals surface area contributed by atoms with E-state index in [-0.39, 0.29) is 23.4 Å². The summed E-state index contributed by atoms with van der Waals surface area (Å²) in [6.45, 7) is 0. The van der Waals surface area contributed by atoms with Crippen LogP contribution in [0.5, 0.6) is 0 Å². The van der Waals surface area contributed by atoms with Crippen LogP contribution in [0, 0.1) is 5.92 Å². The van der Waals surface area contributed by atoms with Gasteiger partial charge in [-0.3, -0.25) is 19.4 Å². The van der Waals surface area contributed by atoms with Gasteiger partial charge in [-0.25, -0.2) is 4.90 Å². The molecule has 6 heteroatoms. The van der Waals surface area contributed by atoms with Gasteiger partial charge in [-0.2, -0.15) is 0 Å². The Labute approximate surface area is 195 Å². The van der Waals surface area contributed by atoms with Crippen molar-refractivity contribution >= 4 is 23.6 Å². The fourth-order valence-corrected chi connectivity index (χ4v) is 5.11. The highest BCUT2D eigenvalue weighted by Gasteiger charge is 2.44. The predicted octanol–water partition coefficient (Wildman–Crippen LogP) is 2.23. The molecule has 3 aliphatic rings. The lowest BCUT2D eigenvalue weighted by Gasteiger charge is -2.34. The van der Waals surface area contributed by atoms with Crippen molar-refractivity contribution in [2.45, 2.75) is 12.0 Å². The van der Waals surface area contributed by atoms with Gasteiger partial charge in [0.15, 0.2) is 0 Å². The molecule has 3 heterocycles. The summed E-state index contributed by atoms with van der Waals surface area (Å²) in [7, 11) is 1.63. The van der Waals surface area contributed by atoms with Crippen LogP contribution in [0.15, 0.2) is 94.8 Å². The van der Waals surface area contributed by atoms with E-state index >= 15 is 0 Å². The Balaban J connectivity index is 1.72. The third-order valence-electron chi connectivity index (χ3n) is 6.73. The number of imide groups is 1. The first kappa shape index (κ1) is 20.3. The Morgan fingerprint density at radius 2 is 1.53 bits per heavy atom. The average Bonchev–Trinajstić information content (AvgIpc) is 2.87. The van der Waals surface area contributed by atoms with E-state index in [0.29, 0.717) is 27.5 Å². The number of hydrogen-bond acceptors (Lipinski definition) is 4. The number of nitrogens with zero attached hydrogens (tertiary/aromatic N) is 3. The van der Waals surface area contributed by atoms with E-state index in [9.17, 15) is 14.4 Å². The Morgan fingerprint density at radius 1 is 0.853 bits per heavy atom. The second kappa shape index (κ2) is 7.63. The van der Waals surface area contributed by atoms with Gasteiger partial charge in [0.1, 0.15) is 5.92 Å². The minimum atomic E-state index is -0.813. The molecule has 0 spiro atoms. The van der Waals surface area contributed by atoms with E-state index < -0.39 is 11.8 Å². The van der Waals surface area contributed by atoms with Gasteiger partial charge >= 0.3 is 0 Å². The highest BCUT2D eigenvalue weighted by atomic mass is 16.2. The van der Waals surface area contributed by atoms with Crippen LogP contribution in [0.1, 0.15) is 27.5 Å². The molecule has 6 rings (SSSR count). The van der Waals surface area contributed by atoms with Gasteiger partial charge in [-0.15, -0.1) is 0 Å². The lowest BCUT2D eigenvalue weighted by Crippen LogP contribution is -2.58. The summed E-state index contributed by atoms with van der Waals surface area (Å²) < 4.78 is 1.46. The summed E-state index contributed by atoms with van der Waals surface area (Å²) >= 11 is 0. The molecular weight excluding hydrogens is 426 g/mol. The third kappa shape index (κ3) is 2.88. The van der Waals surface area contributed by atoms with E-state index in [1.165, 1.54) is 9.47 Å². The predicted molar refractivity (Wildman–Crippen MR) is 129 cm³/mol. The monoisotopic (exact) mass is 447 g/mol. The zero-order valence-electron chi connectivity index (χ0n) is 18.5. The van der Waals surface area contributed by atoms with Crippen molar-refractivity contribution in [1.82, 2.24) is 4.57 Å². The highest BCUT2D eigenvalue weighted by Crippen LogP contribution is 2.35. The van der Waals surface area contributed by atoms with Crippen LogP contribution in [-0.4, -0.2) is 22.4 Å². The molecule has 0 saturated heterocycles. The molecule has 1 aromatic heterocycles. The molecule has 0 bridgehead atoms. The van der Waals surface area contributed by atoms with Crippen molar-refractivity contribution in [3.63, 3.8) is 0 Å². The number of carbonyl (C=O) groups excluding carboxylic acids is 2. The topological polar surface area (TPSA) is 71.7 Å². The molecule has 0 saturated carbocycles. The Bertz CT molecular complexity index is 1580. The Morgan fingerprint density at radius 3 is 2.26 bits per heavy atom. The van der Waals surface area contributed by atoms with Crippen molar-refractivity contribution in [3.8, 4) is 0 Å². The Kier molecular flexibility index (Phi) is 4.55. The number of rotatable bonds is 2. The molecule has 0 fully saturated rings. The van der Waals surface area contributed by atoms with Gasteiger partial charge in [-0.1, -0.05) is 78.9 Å². The van der Waals surface area contributed by atoms with Gasteiger partial charge in [0.05, 0.1) is 33.6 Å². The first-order valence-corrected chi connectivity index (χ1v) is 11.2. The first-order chi connectivity index (χ1) is 16.6. The summed E-state index contributed by atoms with van der Waals surface area (Å²) in [6.07, 6.45) is 9.73. The second-order valence-corrected chi connectivity index (χ2v) is 8.68. The van der Waals surface area contributed by atoms with Crippen molar-refractivity contribution in [1.29, 1.82) is 0 Å². The second-order valence-electron chi connectivity index (χ2n) is 8.68. The van der Waals surface area contributed by atoms with E-state index in [1.807, 2.05) is 66.8 Å². The molecule has 0 radical (unpaired) electrons. The summed E-state index contributed by atoms with van der Waals surface area (Å²) in [5.41, 5.74) is 1.66. The molecule has 3 atom stereocenters. The average molecular weight is 447 g/mol. The van der Waals surface area contributed by atoms with Crippen LogP contribution < -0.4 is 21.0 Å². The highest BCUT2D eigenvalue weighted by molar-refractivity contribution is 6.26. The summed E-state index contributed by atoms with van der Waals surface area (Å²) in [4.78, 5) is 47.5. The largest absolute Gasteiger partial charge is 0.313 e. The molecular formula is C28H21N3O3. The molecule has 3 unspecified atom stereocenters. The number of anilines is 1. The number of amides is 2. The molecule has 0 N–H and O–H groups in total. The van der Waals surface area contributed by atoms with E-state index in [2.05, 4.69) is 0 Å². The quantitative estimate of drug-likeness (QED) is 0.566. The smallest absolute Gasteiger partial charge is 0.269 e. The first-order valence-electron chi connectivity index (χ1n) is 11.2. The van der Waals surface area contributed by atoms with Crippen molar-refractivity contribution in [2.24, 2.45) is 18.0 Å². The van der Waals surface area contributed by atoms with Crippen LogP contribution in [0.3, 0.4) is 0 Å².